The topological polar surface area (TPSA) is 76.2 Å². The van der Waals surface area contributed by atoms with Gasteiger partial charge >= 0.3 is 12.2 Å². The number of carbonyl (C=O) groups is 3. The summed E-state index contributed by atoms with van der Waals surface area (Å²) < 4.78 is 18.4. The fourth-order valence-electron chi connectivity index (χ4n) is 3.36. The van der Waals surface area contributed by atoms with Gasteiger partial charge in [-0.2, -0.15) is 0 Å². The van der Waals surface area contributed by atoms with Gasteiger partial charge in [-0.3, -0.25) is 4.79 Å². The van der Waals surface area contributed by atoms with Crippen LogP contribution in [0.1, 0.15) is 20.3 Å². The zero-order chi connectivity index (χ0) is 18.2. The van der Waals surface area contributed by atoms with E-state index >= 15 is 0 Å². The van der Waals surface area contributed by atoms with Crippen molar-refractivity contribution < 1.29 is 25.2 Å². The molecule has 0 aromatic heterocycles. The number of fused-ring (bicyclic) bond motifs is 1. The quantitative estimate of drug-likeness (QED) is 0.827. The molecule has 0 unspecified atom stereocenters. The van der Waals surface area contributed by atoms with Gasteiger partial charge in [0.15, 0.2) is 0 Å². The van der Waals surface area contributed by atoms with Crippen molar-refractivity contribution in [2.45, 2.75) is 32.0 Å². The number of likely N-dealkylation sites (tertiary alicyclic amines) is 2. The van der Waals surface area contributed by atoms with Gasteiger partial charge in [0.2, 0.25) is 5.91 Å². The van der Waals surface area contributed by atoms with Crippen molar-refractivity contribution in [2.75, 3.05) is 13.7 Å². The standard InChI is InChI=1S/C17H20N2O5/c1-11-14-13(19(15(11)20)17(22)23-2)8-9-18(14)16(21)24-10-12-6-4-3-5-7-12/h3-7,11,13-14H,8-10H2,1-2H3/t11-,13+,14-/m1/s1/i11D. The van der Waals surface area contributed by atoms with Crippen molar-refractivity contribution in [3.8, 4) is 0 Å². The van der Waals surface area contributed by atoms with Crippen LogP contribution in [-0.2, 0) is 20.9 Å². The Balaban J connectivity index is 1.75. The van der Waals surface area contributed by atoms with Crippen LogP contribution in [0.15, 0.2) is 30.3 Å². The molecule has 2 aliphatic heterocycles. The van der Waals surface area contributed by atoms with Crippen LogP contribution in [0.2, 0.25) is 0 Å². The number of rotatable bonds is 2. The van der Waals surface area contributed by atoms with Crippen molar-refractivity contribution >= 4 is 18.1 Å². The predicted molar refractivity (Wildman–Crippen MR) is 83.9 cm³/mol. The molecule has 1 aromatic carbocycles. The molecule has 0 bridgehead atoms. The van der Waals surface area contributed by atoms with Crippen LogP contribution in [0.25, 0.3) is 0 Å². The van der Waals surface area contributed by atoms with E-state index in [0.717, 1.165) is 10.5 Å². The molecule has 7 heteroatoms. The number of carbonyl (C=O) groups excluding carboxylic acids is 3. The zero-order valence-electron chi connectivity index (χ0n) is 14.6. The number of nitrogens with zero attached hydrogens (tertiary/aromatic N) is 2. The van der Waals surface area contributed by atoms with Crippen molar-refractivity contribution in [3.63, 3.8) is 0 Å². The summed E-state index contributed by atoms with van der Waals surface area (Å²) in [5.41, 5.74) is 0.846. The molecule has 2 fully saturated rings. The van der Waals surface area contributed by atoms with Crippen LogP contribution >= 0.6 is 0 Å². The zero-order valence-corrected chi connectivity index (χ0v) is 13.6. The Morgan fingerprint density at radius 1 is 1.29 bits per heavy atom. The number of ether oxygens (including phenoxy) is 2. The second-order valence-corrected chi connectivity index (χ2v) is 5.86. The summed E-state index contributed by atoms with van der Waals surface area (Å²) in [6.07, 6.45) is -0.981. The summed E-state index contributed by atoms with van der Waals surface area (Å²) in [5.74, 6) is -2.28. The molecule has 0 N–H and O–H groups in total. The lowest BCUT2D eigenvalue weighted by atomic mass is 10.0. The molecule has 3 rings (SSSR count). The fourth-order valence-corrected chi connectivity index (χ4v) is 3.36. The van der Waals surface area contributed by atoms with Gasteiger partial charge in [-0.25, -0.2) is 14.5 Å². The molecule has 128 valence electrons. The first-order chi connectivity index (χ1) is 11.9. The maximum atomic E-state index is 12.5. The lowest BCUT2D eigenvalue weighted by Crippen LogP contribution is -2.43. The first-order valence-corrected chi connectivity index (χ1v) is 7.77. The highest BCUT2D eigenvalue weighted by molar-refractivity contribution is 5.96. The van der Waals surface area contributed by atoms with Crippen molar-refractivity contribution in [3.05, 3.63) is 35.9 Å². The third-order valence-corrected chi connectivity index (χ3v) is 4.51. The Hall–Kier alpha value is -2.57. The van der Waals surface area contributed by atoms with Gasteiger partial charge in [-0.15, -0.1) is 0 Å². The molecule has 0 saturated carbocycles. The van der Waals surface area contributed by atoms with E-state index in [1.165, 1.54) is 18.9 Å². The minimum Gasteiger partial charge on any atom is -0.452 e. The molecule has 1 aromatic rings. The smallest absolute Gasteiger partial charge is 0.416 e. The lowest BCUT2D eigenvalue weighted by Gasteiger charge is -2.25. The van der Waals surface area contributed by atoms with Crippen molar-refractivity contribution in [1.29, 1.82) is 0 Å². The number of imide groups is 1. The van der Waals surface area contributed by atoms with E-state index in [0.29, 0.717) is 13.0 Å². The van der Waals surface area contributed by atoms with Crippen LogP contribution < -0.4 is 0 Å². The van der Waals surface area contributed by atoms with E-state index in [-0.39, 0.29) is 6.61 Å². The Morgan fingerprint density at radius 2 is 2.00 bits per heavy atom. The normalized spacial score (nSPS) is 29.2. The van der Waals surface area contributed by atoms with Crippen LogP contribution in [-0.4, -0.2) is 53.6 Å². The highest BCUT2D eigenvalue weighted by Gasteiger charge is 2.56. The third-order valence-electron chi connectivity index (χ3n) is 4.51. The molecule has 24 heavy (non-hydrogen) atoms. The molecule has 3 amide bonds. The highest BCUT2D eigenvalue weighted by Crippen LogP contribution is 2.37. The van der Waals surface area contributed by atoms with Gasteiger partial charge in [0.05, 0.1) is 25.1 Å². The van der Waals surface area contributed by atoms with Crippen molar-refractivity contribution in [1.82, 2.24) is 9.80 Å². The minimum atomic E-state index is -1.62. The average molecular weight is 333 g/mol. The van der Waals surface area contributed by atoms with Crippen LogP contribution in [0.5, 0.6) is 0 Å². The molecule has 0 aliphatic carbocycles. The molecule has 0 spiro atoms. The Bertz CT molecular complexity index is 694. The van der Waals surface area contributed by atoms with Gasteiger partial charge in [0.25, 0.3) is 0 Å². The Morgan fingerprint density at radius 3 is 2.67 bits per heavy atom. The largest absolute Gasteiger partial charge is 0.452 e. The third kappa shape index (κ3) is 2.70. The predicted octanol–water partition coefficient (Wildman–Crippen LogP) is 2.01. The van der Waals surface area contributed by atoms with E-state index in [1.54, 1.807) is 0 Å². The van der Waals surface area contributed by atoms with Gasteiger partial charge < -0.3 is 14.4 Å². The van der Waals surface area contributed by atoms with E-state index in [2.05, 4.69) is 4.74 Å². The maximum absolute atomic E-state index is 12.5. The first kappa shape index (κ1) is 15.0. The number of hydrogen-bond donors (Lipinski definition) is 0. The number of hydrogen-bond acceptors (Lipinski definition) is 5. The Labute approximate surface area is 141 Å². The van der Waals surface area contributed by atoms with Crippen LogP contribution in [0.4, 0.5) is 9.59 Å². The van der Waals surface area contributed by atoms with Gasteiger partial charge in [-0.1, -0.05) is 37.3 Å². The summed E-state index contributed by atoms with van der Waals surface area (Å²) in [7, 11) is 1.19. The number of amides is 3. The number of benzene rings is 1. The molecule has 0 radical (unpaired) electrons. The SMILES string of the molecule is [2H][C@]1(C)C(=O)N(C(=O)OC)[C@H]2CCN(C(=O)OCc3ccccc3)[C@@H]21. The van der Waals surface area contributed by atoms with Crippen LogP contribution in [0, 0.1) is 5.89 Å². The molecule has 2 heterocycles. The van der Waals surface area contributed by atoms with E-state index < -0.39 is 36.1 Å². The molecule has 7 nitrogen and oxygen atoms in total. The lowest BCUT2D eigenvalue weighted by molar-refractivity contribution is -0.130. The second-order valence-electron chi connectivity index (χ2n) is 5.86. The minimum absolute atomic E-state index is 0.108. The summed E-state index contributed by atoms with van der Waals surface area (Å²) in [6, 6.07) is 7.93. The average Bonchev–Trinajstić information content (AvgIpc) is 3.12. The molecule has 2 aliphatic rings. The summed E-state index contributed by atoms with van der Waals surface area (Å²) in [6.45, 7) is 1.84. The monoisotopic (exact) mass is 333 g/mol. The molecular formula is C17H20N2O5. The molecule has 2 saturated heterocycles. The first-order valence-electron chi connectivity index (χ1n) is 8.27. The van der Waals surface area contributed by atoms with E-state index in [1.807, 2.05) is 30.3 Å². The van der Waals surface area contributed by atoms with Gasteiger partial charge in [0, 0.05) is 7.92 Å². The molecule has 3 atom stereocenters. The van der Waals surface area contributed by atoms with Gasteiger partial charge in [0.1, 0.15) is 6.61 Å². The second kappa shape index (κ2) is 6.51. The summed E-state index contributed by atoms with van der Waals surface area (Å²) >= 11 is 0. The molecular weight excluding hydrogens is 312 g/mol. The fraction of sp³-hybridized carbons (Fsp3) is 0.471. The summed E-state index contributed by atoms with van der Waals surface area (Å²) in [4.78, 5) is 39.2. The van der Waals surface area contributed by atoms with E-state index in [9.17, 15) is 14.4 Å². The van der Waals surface area contributed by atoms with Gasteiger partial charge in [-0.05, 0) is 12.0 Å². The number of methoxy groups -OCH3 is 1. The summed E-state index contributed by atoms with van der Waals surface area (Å²) in [5, 5.41) is 0. The van der Waals surface area contributed by atoms with Crippen LogP contribution in [0.3, 0.4) is 0 Å². The Kier molecular flexibility index (Phi) is 4.06. The van der Waals surface area contributed by atoms with Crippen molar-refractivity contribution in [2.24, 2.45) is 5.89 Å². The maximum Gasteiger partial charge on any atom is 0.416 e. The highest BCUT2D eigenvalue weighted by atomic mass is 16.6. The van der Waals surface area contributed by atoms with E-state index in [4.69, 9.17) is 6.11 Å².